The van der Waals surface area contributed by atoms with Crippen LogP contribution in [0.25, 0.3) is 0 Å². The molecule has 66 valence electrons. The van der Waals surface area contributed by atoms with Gasteiger partial charge in [-0.1, -0.05) is 46.9 Å². The highest BCUT2D eigenvalue weighted by Gasteiger charge is 2.20. The van der Waals surface area contributed by atoms with E-state index < -0.39 is 4.30 Å². The largest absolute Gasteiger partial charge is 0.449 e. The second-order valence-electron chi connectivity index (χ2n) is 2.25. The zero-order valence-electron chi connectivity index (χ0n) is 6.35. The highest BCUT2D eigenvalue weighted by Crippen LogP contribution is 2.47. The van der Waals surface area contributed by atoms with Gasteiger partial charge in [0.15, 0.2) is 15.8 Å². The number of alkyl halides is 3. The summed E-state index contributed by atoms with van der Waals surface area (Å²) in [6.07, 6.45) is 0. The lowest BCUT2D eigenvalue weighted by Crippen LogP contribution is -1.57. The molecule has 4 heteroatoms. The summed E-state index contributed by atoms with van der Waals surface area (Å²) in [6.45, 7) is 2.05. The van der Waals surface area contributed by atoms with E-state index in [1.54, 1.807) is 0 Å². The molecule has 1 aliphatic rings. The zero-order chi connectivity index (χ0) is 9.14. The first-order valence-corrected chi connectivity index (χ1v) is 4.62. The van der Waals surface area contributed by atoms with E-state index in [1.807, 2.05) is 25.1 Å². The van der Waals surface area contributed by atoms with Gasteiger partial charge in [-0.05, 0) is 18.6 Å². The molecule has 2 rings (SSSR count). The summed E-state index contributed by atoms with van der Waals surface area (Å²) in [7, 11) is 0. The predicted octanol–water partition coefficient (Wildman–Crippen LogP) is 4.09. The van der Waals surface area contributed by atoms with Gasteiger partial charge >= 0.3 is 0 Å². The van der Waals surface area contributed by atoms with Crippen molar-refractivity contribution in [3.63, 3.8) is 0 Å². The lowest BCUT2D eigenvalue weighted by molar-refractivity contribution is 0.646. The Morgan fingerprint density at radius 2 is 1.83 bits per heavy atom. The van der Waals surface area contributed by atoms with E-state index in [4.69, 9.17) is 39.5 Å². The van der Waals surface area contributed by atoms with Gasteiger partial charge in [-0.15, -0.1) is 0 Å². The predicted molar refractivity (Wildman–Crippen MR) is 52.6 cm³/mol. The Labute approximate surface area is 86.2 Å². The highest BCUT2D eigenvalue weighted by molar-refractivity contribution is 6.63. The summed E-state index contributed by atoms with van der Waals surface area (Å²) in [5, 5.41) is 0. The van der Waals surface area contributed by atoms with E-state index in [2.05, 4.69) is 0 Å². The fourth-order valence-electron chi connectivity index (χ4n) is 0.825. The number of rotatable bonds is 0. The van der Waals surface area contributed by atoms with E-state index in [0.29, 0.717) is 0 Å². The van der Waals surface area contributed by atoms with Gasteiger partial charge in [0.2, 0.25) is 0 Å². The third-order valence-corrected chi connectivity index (χ3v) is 1.35. The van der Waals surface area contributed by atoms with Crippen LogP contribution in [0.15, 0.2) is 18.2 Å². The van der Waals surface area contributed by atoms with Crippen molar-refractivity contribution in [3.8, 4) is 11.5 Å². The fraction of sp³-hybridized carbons (Fsp3) is 0.250. The van der Waals surface area contributed by atoms with Gasteiger partial charge < -0.3 is 4.74 Å². The van der Waals surface area contributed by atoms with E-state index in [0.717, 1.165) is 11.5 Å². The van der Waals surface area contributed by atoms with Crippen molar-refractivity contribution in [3.05, 3.63) is 23.8 Å². The summed E-state index contributed by atoms with van der Waals surface area (Å²) in [4.78, 5) is 0. The molecule has 0 saturated carbocycles. The molecule has 0 radical (unpaired) electrons. The quantitative estimate of drug-likeness (QED) is 0.486. The molecule has 1 nitrogen and oxygen atoms in total. The molecule has 1 aromatic carbocycles. The summed E-state index contributed by atoms with van der Waals surface area (Å²) < 4.78 is 4.32. The average Bonchev–Trinajstić information content (AvgIpc) is 2.65. The van der Waals surface area contributed by atoms with Crippen molar-refractivity contribution >= 4 is 34.8 Å². The first-order chi connectivity index (χ1) is 5.61. The van der Waals surface area contributed by atoms with Crippen LogP contribution in [0.1, 0.15) is 5.56 Å². The molecule has 0 fully saturated rings. The van der Waals surface area contributed by atoms with Crippen LogP contribution in [0.4, 0.5) is 0 Å². The van der Waals surface area contributed by atoms with Crippen LogP contribution in [0.5, 0.6) is 11.5 Å². The Morgan fingerprint density at radius 1 is 1.25 bits per heavy atom. The maximum Gasteiger partial charge on any atom is 0.180 e. The molecule has 0 aliphatic carbocycles. The van der Waals surface area contributed by atoms with E-state index in [1.165, 1.54) is 5.56 Å². The van der Waals surface area contributed by atoms with Crippen molar-refractivity contribution in [1.82, 2.24) is 0 Å². The van der Waals surface area contributed by atoms with Gasteiger partial charge in [0, 0.05) is 0 Å². The second kappa shape index (κ2) is 4.22. The standard InChI is InChI=1S/C7H6O.CHCl3/c1-5-3-2-4-6-7(5)8-6;2-1(3)4/h2-4H,1H3;1H. The van der Waals surface area contributed by atoms with Gasteiger partial charge in [0.05, 0.1) is 0 Å². The third kappa shape index (κ3) is 3.10. The molecule has 0 amide bonds. The Bertz CT molecular complexity index is 270. The molecule has 0 spiro atoms. The van der Waals surface area contributed by atoms with Crippen LogP contribution >= 0.6 is 34.8 Å². The number of hydrogen-bond donors (Lipinski definition) is 0. The Kier molecular flexibility index (Phi) is 3.51. The van der Waals surface area contributed by atoms with Gasteiger partial charge in [-0.25, -0.2) is 0 Å². The average molecular weight is 226 g/mol. The maximum atomic E-state index is 5.07. The number of hydrogen-bond acceptors (Lipinski definition) is 1. The Hall–Kier alpha value is -0.110. The highest BCUT2D eigenvalue weighted by atomic mass is 35.6. The molecule has 0 N–H and O–H groups in total. The molecular formula is C8H7Cl3O. The van der Waals surface area contributed by atoms with Gasteiger partial charge in [-0.2, -0.15) is 0 Å². The molecule has 0 unspecified atom stereocenters. The Balaban J connectivity index is 0.000000157. The minimum absolute atomic E-state index is 0.750. The monoisotopic (exact) mass is 224 g/mol. The number of aryl methyl sites for hydroxylation is 1. The van der Waals surface area contributed by atoms with Crippen molar-refractivity contribution in [2.24, 2.45) is 0 Å². The number of ether oxygens (including phenoxy) is 1. The lowest BCUT2D eigenvalue weighted by atomic mass is 10.2. The molecular weight excluding hydrogens is 218 g/mol. The Morgan fingerprint density at radius 3 is 2.25 bits per heavy atom. The van der Waals surface area contributed by atoms with Gasteiger partial charge in [0.1, 0.15) is 0 Å². The molecule has 12 heavy (non-hydrogen) atoms. The minimum atomic E-state index is -0.750. The third-order valence-electron chi connectivity index (χ3n) is 1.35. The summed E-state index contributed by atoms with van der Waals surface area (Å²) >= 11 is 14.4. The van der Waals surface area contributed by atoms with Crippen molar-refractivity contribution in [1.29, 1.82) is 0 Å². The summed E-state index contributed by atoms with van der Waals surface area (Å²) in [6, 6.07) is 6.02. The van der Waals surface area contributed by atoms with Gasteiger partial charge in [-0.3, -0.25) is 0 Å². The van der Waals surface area contributed by atoms with Crippen molar-refractivity contribution < 1.29 is 4.74 Å². The summed E-state index contributed by atoms with van der Waals surface area (Å²) in [5.74, 6) is 2.12. The molecule has 0 aromatic heterocycles. The summed E-state index contributed by atoms with van der Waals surface area (Å²) in [5.41, 5.74) is 1.24. The van der Waals surface area contributed by atoms with Crippen LogP contribution in [0.2, 0.25) is 0 Å². The van der Waals surface area contributed by atoms with Gasteiger partial charge in [0.25, 0.3) is 0 Å². The SMILES string of the molecule is Cc1cccc2c1O2.ClC(Cl)Cl. The molecule has 1 aromatic rings. The number of para-hydroxylation sites is 1. The van der Waals surface area contributed by atoms with Crippen LogP contribution in [-0.4, -0.2) is 4.30 Å². The number of halogens is 3. The molecule has 1 aliphatic heterocycles. The molecule has 1 heterocycles. The smallest absolute Gasteiger partial charge is 0.180 e. The lowest BCUT2D eigenvalue weighted by Gasteiger charge is -1.76. The normalized spacial score (nSPS) is 11.1. The molecule has 0 atom stereocenters. The van der Waals surface area contributed by atoms with Crippen LogP contribution in [0.3, 0.4) is 0 Å². The first-order valence-electron chi connectivity index (χ1n) is 3.31. The maximum absolute atomic E-state index is 5.07. The zero-order valence-corrected chi connectivity index (χ0v) is 8.62. The van der Waals surface area contributed by atoms with E-state index in [9.17, 15) is 0 Å². The van der Waals surface area contributed by atoms with Crippen LogP contribution in [-0.2, 0) is 0 Å². The number of fused-ring (bicyclic) bond motifs is 1. The second-order valence-corrected chi connectivity index (χ2v) is 4.23. The van der Waals surface area contributed by atoms with Crippen molar-refractivity contribution in [2.75, 3.05) is 0 Å². The number of benzene rings is 1. The van der Waals surface area contributed by atoms with Crippen LogP contribution < -0.4 is 4.74 Å². The molecule has 0 bridgehead atoms. The fourth-order valence-corrected chi connectivity index (χ4v) is 0.825. The van der Waals surface area contributed by atoms with Crippen molar-refractivity contribution in [2.45, 2.75) is 11.2 Å². The topological polar surface area (TPSA) is 12.5 Å². The molecule has 0 saturated heterocycles. The first kappa shape index (κ1) is 9.97. The van der Waals surface area contributed by atoms with Crippen LogP contribution in [0, 0.1) is 6.92 Å². The minimum Gasteiger partial charge on any atom is -0.449 e. The van der Waals surface area contributed by atoms with E-state index in [-0.39, 0.29) is 0 Å². The van der Waals surface area contributed by atoms with E-state index >= 15 is 0 Å².